The van der Waals surface area contributed by atoms with Gasteiger partial charge in [-0.3, -0.25) is 9.48 Å². The second-order valence-corrected chi connectivity index (χ2v) is 4.41. The van der Waals surface area contributed by atoms with Crippen LogP contribution in [-0.2, 0) is 7.05 Å². The fraction of sp³-hybridized carbons (Fsp3) is 0.100. The topological polar surface area (TPSA) is 84.2 Å². The van der Waals surface area contributed by atoms with Gasteiger partial charge in [0.15, 0.2) is 0 Å². The monoisotopic (exact) mass is 251 g/mol. The molecule has 0 aliphatic heterocycles. The van der Waals surface area contributed by atoms with Gasteiger partial charge < -0.3 is 10.4 Å². The highest BCUT2D eigenvalue weighted by Gasteiger charge is 2.13. The summed E-state index contributed by atoms with van der Waals surface area (Å²) in [6, 6.07) is 2.89. The van der Waals surface area contributed by atoms with E-state index in [1.54, 1.807) is 17.9 Å². The molecule has 0 aliphatic carbocycles. The van der Waals surface area contributed by atoms with Crippen molar-refractivity contribution in [3.63, 3.8) is 0 Å². The van der Waals surface area contributed by atoms with Crippen LogP contribution in [0, 0.1) is 0 Å². The molecule has 0 saturated heterocycles. The van der Waals surface area contributed by atoms with E-state index in [1.807, 2.05) is 0 Å². The van der Waals surface area contributed by atoms with Crippen LogP contribution in [-0.4, -0.2) is 26.8 Å². The van der Waals surface area contributed by atoms with Crippen LogP contribution in [0.1, 0.15) is 19.3 Å². The second kappa shape index (κ2) is 4.38. The summed E-state index contributed by atoms with van der Waals surface area (Å²) in [5.74, 6) is -1.37. The van der Waals surface area contributed by atoms with E-state index in [0.29, 0.717) is 10.6 Å². The molecule has 0 aliphatic rings. The lowest BCUT2D eigenvalue weighted by Gasteiger charge is -1.98. The zero-order valence-corrected chi connectivity index (χ0v) is 9.69. The molecule has 0 spiro atoms. The fourth-order valence-corrected chi connectivity index (χ4v) is 1.99. The fourth-order valence-electron chi connectivity index (χ4n) is 1.25. The van der Waals surface area contributed by atoms with Crippen molar-refractivity contribution >= 4 is 28.9 Å². The zero-order chi connectivity index (χ0) is 12.4. The Labute approximate surface area is 100 Å². The summed E-state index contributed by atoms with van der Waals surface area (Å²) in [7, 11) is 1.74. The molecule has 0 bridgehead atoms. The van der Waals surface area contributed by atoms with Gasteiger partial charge in [0.2, 0.25) is 0 Å². The van der Waals surface area contributed by atoms with E-state index in [0.717, 1.165) is 11.3 Å². The molecule has 2 N–H and O–H groups in total. The van der Waals surface area contributed by atoms with Crippen LogP contribution >= 0.6 is 11.3 Å². The lowest BCUT2D eigenvalue weighted by Crippen LogP contribution is -2.09. The van der Waals surface area contributed by atoms with Gasteiger partial charge in [0, 0.05) is 13.2 Å². The number of hydrogen-bond acceptors (Lipinski definition) is 4. The van der Waals surface area contributed by atoms with Crippen molar-refractivity contribution in [1.82, 2.24) is 9.78 Å². The van der Waals surface area contributed by atoms with Crippen molar-refractivity contribution in [2.24, 2.45) is 7.05 Å². The summed E-state index contributed by atoms with van der Waals surface area (Å²) >= 11 is 0.936. The molecule has 2 aromatic rings. The number of aromatic carboxylic acids is 1. The summed E-state index contributed by atoms with van der Waals surface area (Å²) in [5, 5.41) is 15.3. The average Bonchev–Trinajstić information content (AvgIpc) is 2.86. The van der Waals surface area contributed by atoms with E-state index >= 15 is 0 Å². The molecule has 0 aromatic carbocycles. The summed E-state index contributed by atoms with van der Waals surface area (Å²) < 4.78 is 1.56. The molecule has 2 rings (SSSR count). The highest BCUT2D eigenvalue weighted by atomic mass is 32.1. The summed E-state index contributed by atoms with van der Waals surface area (Å²) in [4.78, 5) is 22.9. The maximum Gasteiger partial charge on any atom is 0.345 e. The van der Waals surface area contributed by atoms with Gasteiger partial charge in [-0.05, 0) is 12.1 Å². The predicted octanol–water partition coefficient (Wildman–Crippen LogP) is 1.43. The third-order valence-corrected chi connectivity index (χ3v) is 3.08. The van der Waals surface area contributed by atoms with Crippen molar-refractivity contribution < 1.29 is 14.7 Å². The first-order valence-electron chi connectivity index (χ1n) is 4.69. The highest BCUT2D eigenvalue weighted by Crippen LogP contribution is 2.18. The van der Waals surface area contributed by atoms with Crippen LogP contribution in [0.2, 0.25) is 0 Å². The number of rotatable bonds is 3. The summed E-state index contributed by atoms with van der Waals surface area (Å²) in [5.41, 5.74) is 0.572. The maximum absolute atomic E-state index is 11.7. The van der Waals surface area contributed by atoms with Crippen LogP contribution in [0.4, 0.5) is 5.69 Å². The van der Waals surface area contributed by atoms with Crippen molar-refractivity contribution in [2.75, 3.05) is 5.32 Å². The van der Waals surface area contributed by atoms with Gasteiger partial charge in [-0.25, -0.2) is 4.79 Å². The van der Waals surface area contributed by atoms with Gasteiger partial charge >= 0.3 is 5.97 Å². The Morgan fingerprint density at radius 2 is 2.12 bits per heavy atom. The van der Waals surface area contributed by atoms with Gasteiger partial charge in [-0.15, -0.1) is 11.3 Å². The number of nitrogens with zero attached hydrogens (tertiary/aromatic N) is 2. The molecule has 2 heterocycles. The number of thiophene rings is 1. The molecule has 0 saturated carbocycles. The first kappa shape index (κ1) is 11.3. The number of nitrogens with one attached hydrogen (secondary N) is 1. The van der Waals surface area contributed by atoms with Gasteiger partial charge in [0.05, 0.1) is 16.8 Å². The van der Waals surface area contributed by atoms with Crippen LogP contribution in [0.15, 0.2) is 24.5 Å². The molecular weight excluding hydrogens is 242 g/mol. The maximum atomic E-state index is 11.7. The van der Waals surface area contributed by atoms with E-state index in [4.69, 9.17) is 5.11 Å². The highest BCUT2D eigenvalue weighted by molar-refractivity contribution is 7.15. The Morgan fingerprint density at radius 3 is 2.65 bits per heavy atom. The number of aryl methyl sites for hydroxylation is 1. The minimum Gasteiger partial charge on any atom is -0.477 e. The Kier molecular flexibility index (Phi) is 2.92. The molecule has 88 valence electrons. The van der Waals surface area contributed by atoms with Gasteiger partial charge in [-0.1, -0.05) is 0 Å². The smallest absolute Gasteiger partial charge is 0.345 e. The lowest BCUT2D eigenvalue weighted by molar-refractivity contribution is 0.0702. The molecule has 7 heteroatoms. The quantitative estimate of drug-likeness (QED) is 0.864. The third-order valence-electron chi connectivity index (χ3n) is 2.00. The lowest BCUT2D eigenvalue weighted by atomic mass is 10.4. The third kappa shape index (κ3) is 2.51. The van der Waals surface area contributed by atoms with E-state index < -0.39 is 5.97 Å². The van der Waals surface area contributed by atoms with Crippen LogP contribution in [0.25, 0.3) is 0 Å². The van der Waals surface area contributed by atoms with Crippen LogP contribution in [0.3, 0.4) is 0 Å². The first-order valence-corrected chi connectivity index (χ1v) is 5.51. The molecule has 0 atom stereocenters. The van der Waals surface area contributed by atoms with Crippen molar-refractivity contribution in [3.8, 4) is 0 Å². The van der Waals surface area contributed by atoms with Gasteiger partial charge in [0.1, 0.15) is 4.88 Å². The number of carboxylic acid groups (broad SMARTS) is 1. The largest absolute Gasteiger partial charge is 0.477 e. The van der Waals surface area contributed by atoms with Crippen LogP contribution in [0.5, 0.6) is 0 Å². The molecule has 1 amide bonds. The number of carbonyl (C=O) groups is 2. The number of hydrogen-bond donors (Lipinski definition) is 2. The van der Waals surface area contributed by atoms with Crippen molar-refractivity contribution in [1.29, 1.82) is 0 Å². The van der Waals surface area contributed by atoms with Gasteiger partial charge in [0.25, 0.3) is 5.91 Å². The number of amides is 1. The first-order chi connectivity index (χ1) is 8.06. The number of carbonyl (C=O) groups excluding carboxylic acids is 1. The van der Waals surface area contributed by atoms with Gasteiger partial charge in [-0.2, -0.15) is 5.10 Å². The number of aromatic nitrogens is 2. The minimum absolute atomic E-state index is 0.140. The standard InChI is InChI=1S/C10H9N3O3S/c1-13-5-6(4-11-13)12-9(14)7-2-3-8(17-7)10(15)16/h2-5H,1H3,(H,12,14)(H,15,16). The molecule has 17 heavy (non-hydrogen) atoms. The average molecular weight is 251 g/mol. The normalized spacial score (nSPS) is 10.2. The molecular formula is C10H9N3O3S. The Morgan fingerprint density at radius 1 is 1.41 bits per heavy atom. The van der Waals surface area contributed by atoms with Crippen LogP contribution < -0.4 is 5.32 Å². The minimum atomic E-state index is -1.03. The Bertz CT molecular complexity index is 573. The van der Waals surface area contributed by atoms with E-state index in [2.05, 4.69) is 10.4 Å². The van der Waals surface area contributed by atoms with E-state index in [-0.39, 0.29) is 10.8 Å². The molecule has 0 fully saturated rings. The number of anilines is 1. The Hall–Kier alpha value is -2.15. The molecule has 0 unspecified atom stereocenters. The second-order valence-electron chi connectivity index (χ2n) is 3.33. The number of carboxylic acids is 1. The molecule has 6 nitrogen and oxygen atoms in total. The van der Waals surface area contributed by atoms with E-state index in [1.165, 1.54) is 18.3 Å². The van der Waals surface area contributed by atoms with Crippen molar-refractivity contribution in [3.05, 3.63) is 34.3 Å². The molecule has 2 aromatic heterocycles. The zero-order valence-electron chi connectivity index (χ0n) is 8.88. The SMILES string of the molecule is Cn1cc(NC(=O)c2ccc(C(=O)O)s2)cn1. The Balaban J connectivity index is 2.11. The summed E-state index contributed by atoms with van der Waals surface area (Å²) in [6.07, 6.45) is 3.17. The molecule has 0 radical (unpaired) electrons. The van der Waals surface area contributed by atoms with Crippen molar-refractivity contribution in [2.45, 2.75) is 0 Å². The predicted molar refractivity (Wildman–Crippen MR) is 62.4 cm³/mol. The summed E-state index contributed by atoms with van der Waals surface area (Å²) in [6.45, 7) is 0. The van der Waals surface area contributed by atoms with E-state index in [9.17, 15) is 9.59 Å².